The Labute approximate surface area is 147 Å². The molecule has 0 radical (unpaired) electrons. The maximum Gasteiger partial charge on any atom is 0.417 e. The number of rotatable bonds is 3. The van der Waals surface area contributed by atoms with Crippen molar-refractivity contribution in [3.63, 3.8) is 0 Å². The predicted molar refractivity (Wildman–Crippen MR) is 91.6 cm³/mol. The third-order valence-corrected chi connectivity index (χ3v) is 4.21. The van der Waals surface area contributed by atoms with Gasteiger partial charge in [-0.05, 0) is 29.8 Å². The van der Waals surface area contributed by atoms with Crippen LogP contribution in [-0.4, -0.2) is 17.9 Å². The van der Waals surface area contributed by atoms with Gasteiger partial charge in [0.15, 0.2) is 0 Å². The van der Waals surface area contributed by atoms with E-state index in [-0.39, 0.29) is 18.0 Å². The molecule has 0 saturated heterocycles. The molecule has 0 atom stereocenters. The molecule has 1 aromatic heterocycles. The molecular weight excluding hydrogens is 343 g/mol. The second-order valence-electron chi connectivity index (χ2n) is 5.83. The standard InChI is InChI=1S/C19H14F3N3O/c1-25(14-7-6-12(10-23)16(9-14)19(20,21)22)18(26)8-13-11-24-17-5-3-2-4-15(13)17/h2-7,9,11,24H,8H2,1H3. The van der Waals surface area contributed by atoms with Crippen molar-refractivity contribution in [2.24, 2.45) is 0 Å². The van der Waals surface area contributed by atoms with Crippen LogP contribution in [-0.2, 0) is 17.4 Å². The van der Waals surface area contributed by atoms with E-state index in [1.807, 2.05) is 24.3 Å². The summed E-state index contributed by atoms with van der Waals surface area (Å²) in [5, 5.41) is 9.75. The van der Waals surface area contributed by atoms with Crippen LogP contribution in [0.15, 0.2) is 48.7 Å². The number of carbonyl (C=O) groups excluding carboxylic acids is 1. The normalized spacial score (nSPS) is 11.3. The second kappa shape index (κ2) is 6.56. The first-order chi connectivity index (χ1) is 12.3. The van der Waals surface area contributed by atoms with Crippen LogP contribution < -0.4 is 4.90 Å². The van der Waals surface area contributed by atoms with Crippen LogP contribution in [0.2, 0.25) is 0 Å². The van der Waals surface area contributed by atoms with Crippen LogP contribution in [0.25, 0.3) is 10.9 Å². The minimum atomic E-state index is -4.66. The van der Waals surface area contributed by atoms with Gasteiger partial charge in [0, 0.05) is 29.8 Å². The van der Waals surface area contributed by atoms with Gasteiger partial charge in [-0.2, -0.15) is 18.4 Å². The van der Waals surface area contributed by atoms with Gasteiger partial charge in [-0.25, -0.2) is 0 Å². The SMILES string of the molecule is CN(C(=O)Cc1c[nH]c2ccccc12)c1ccc(C#N)c(C(F)(F)F)c1. The Hall–Kier alpha value is -3.27. The van der Waals surface area contributed by atoms with Gasteiger partial charge in [0.1, 0.15) is 0 Å². The van der Waals surface area contributed by atoms with Gasteiger partial charge in [0.25, 0.3) is 0 Å². The first kappa shape index (κ1) is 17.5. The van der Waals surface area contributed by atoms with Crippen molar-refractivity contribution in [2.45, 2.75) is 12.6 Å². The van der Waals surface area contributed by atoms with Crippen LogP contribution in [0.1, 0.15) is 16.7 Å². The molecule has 0 unspecified atom stereocenters. The topological polar surface area (TPSA) is 59.9 Å². The zero-order valence-electron chi connectivity index (χ0n) is 13.8. The molecule has 0 aliphatic rings. The Morgan fingerprint density at radius 1 is 1.23 bits per heavy atom. The summed E-state index contributed by atoms with van der Waals surface area (Å²) in [5.41, 5.74) is 0.210. The van der Waals surface area contributed by atoms with E-state index in [0.717, 1.165) is 33.5 Å². The van der Waals surface area contributed by atoms with Crippen LogP contribution in [0, 0.1) is 11.3 Å². The van der Waals surface area contributed by atoms with Crippen molar-refractivity contribution >= 4 is 22.5 Å². The molecule has 0 aliphatic carbocycles. The fourth-order valence-electron chi connectivity index (χ4n) is 2.78. The van der Waals surface area contributed by atoms with E-state index >= 15 is 0 Å². The number of H-pyrrole nitrogens is 1. The molecule has 1 amide bonds. The number of benzene rings is 2. The number of para-hydroxylation sites is 1. The van der Waals surface area contributed by atoms with E-state index in [1.165, 1.54) is 19.2 Å². The first-order valence-electron chi connectivity index (χ1n) is 7.74. The lowest BCUT2D eigenvalue weighted by Crippen LogP contribution is -2.28. The summed E-state index contributed by atoms with van der Waals surface area (Å²) in [6, 6.07) is 12.2. The molecule has 7 heteroatoms. The molecule has 132 valence electrons. The zero-order chi connectivity index (χ0) is 18.9. The van der Waals surface area contributed by atoms with Crippen LogP contribution in [0.3, 0.4) is 0 Å². The van der Waals surface area contributed by atoms with Gasteiger partial charge in [-0.15, -0.1) is 0 Å². The third kappa shape index (κ3) is 3.26. The minimum absolute atomic E-state index is 0.0435. The lowest BCUT2D eigenvalue weighted by molar-refractivity contribution is -0.137. The molecule has 0 spiro atoms. The molecule has 26 heavy (non-hydrogen) atoms. The highest BCUT2D eigenvalue weighted by molar-refractivity contribution is 5.97. The number of hydrogen-bond acceptors (Lipinski definition) is 2. The molecule has 0 bridgehead atoms. The fourth-order valence-corrected chi connectivity index (χ4v) is 2.78. The van der Waals surface area contributed by atoms with Gasteiger partial charge >= 0.3 is 6.18 Å². The zero-order valence-corrected chi connectivity index (χ0v) is 13.8. The van der Waals surface area contributed by atoms with Gasteiger partial charge in [-0.1, -0.05) is 18.2 Å². The fraction of sp³-hybridized carbons (Fsp3) is 0.158. The van der Waals surface area contributed by atoms with Crippen LogP contribution in [0.4, 0.5) is 18.9 Å². The molecule has 3 rings (SSSR count). The number of amides is 1. The highest BCUT2D eigenvalue weighted by Gasteiger charge is 2.34. The number of fused-ring (bicyclic) bond motifs is 1. The van der Waals surface area contributed by atoms with Gasteiger partial charge in [-0.3, -0.25) is 4.79 Å². The summed E-state index contributed by atoms with van der Waals surface area (Å²) in [4.78, 5) is 16.8. The van der Waals surface area contributed by atoms with Crippen molar-refractivity contribution in [1.82, 2.24) is 4.98 Å². The average molecular weight is 357 g/mol. The van der Waals surface area contributed by atoms with Crippen molar-refractivity contribution in [3.05, 3.63) is 65.4 Å². The number of aromatic nitrogens is 1. The molecule has 2 aromatic carbocycles. The van der Waals surface area contributed by atoms with Gasteiger partial charge in [0.05, 0.1) is 23.6 Å². The van der Waals surface area contributed by atoms with Crippen molar-refractivity contribution in [2.75, 3.05) is 11.9 Å². The van der Waals surface area contributed by atoms with E-state index in [4.69, 9.17) is 5.26 Å². The number of halogens is 3. The van der Waals surface area contributed by atoms with E-state index in [0.29, 0.717) is 0 Å². The quantitative estimate of drug-likeness (QED) is 0.761. The number of hydrogen-bond donors (Lipinski definition) is 1. The van der Waals surface area contributed by atoms with Gasteiger partial charge in [0.2, 0.25) is 5.91 Å². The van der Waals surface area contributed by atoms with E-state index < -0.39 is 17.3 Å². The van der Waals surface area contributed by atoms with E-state index in [1.54, 1.807) is 6.20 Å². The molecule has 1 N–H and O–H groups in total. The average Bonchev–Trinajstić information content (AvgIpc) is 3.03. The molecule has 3 aromatic rings. The second-order valence-corrected chi connectivity index (χ2v) is 5.83. The number of nitrogens with one attached hydrogen (secondary N) is 1. The Balaban J connectivity index is 1.88. The highest BCUT2D eigenvalue weighted by atomic mass is 19.4. The smallest absolute Gasteiger partial charge is 0.361 e. The Morgan fingerprint density at radius 2 is 1.96 bits per heavy atom. The number of alkyl halides is 3. The van der Waals surface area contributed by atoms with Crippen molar-refractivity contribution in [3.8, 4) is 6.07 Å². The molecular formula is C19H14F3N3O. The molecule has 0 aliphatic heterocycles. The van der Waals surface area contributed by atoms with Crippen molar-refractivity contribution in [1.29, 1.82) is 5.26 Å². The summed E-state index contributed by atoms with van der Waals surface area (Å²) in [7, 11) is 1.42. The first-order valence-corrected chi connectivity index (χ1v) is 7.74. The number of nitriles is 1. The predicted octanol–water partition coefficient (Wildman–Crippen LogP) is 4.26. The largest absolute Gasteiger partial charge is 0.417 e. The van der Waals surface area contributed by atoms with Crippen LogP contribution in [0.5, 0.6) is 0 Å². The van der Waals surface area contributed by atoms with E-state index in [2.05, 4.69) is 4.98 Å². The molecule has 0 fully saturated rings. The van der Waals surface area contributed by atoms with E-state index in [9.17, 15) is 18.0 Å². The Bertz CT molecular complexity index is 1010. The lowest BCUT2D eigenvalue weighted by atomic mass is 10.1. The number of anilines is 1. The maximum absolute atomic E-state index is 13.1. The number of aromatic amines is 1. The number of carbonyl (C=O) groups is 1. The number of nitrogens with zero attached hydrogens (tertiary/aromatic N) is 2. The molecule has 4 nitrogen and oxygen atoms in total. The molecule has 0 saturated carbocycles. The summed E-state index contributed by atoms with van der Waals surface area (Å²) in [6.07, 6.45) is -2.90. The lowest BCUT2D eigenvalue weighted by Gasteiger charge is -2.19. The summed E-state index contributed by atoms with van der Waals surface area (Å²) < 4.78 is 39.3. The Morgan fingerprint density at radius 3 is 2.65 bits per heavy atom. The summed E-state index contributed by atoms with van der Waals surface area (Å²) >= 11 is 0. The van der Waals surface area contributed by atoms with Gasteiger partial charge < -0.3 is 9.88 Å². The summed E-state index contributed by atoms with van der Waals surface area (Å²) in [5.74, 6) is -0.354. The maximum atomic E-state index is 13.1. The Kier molecular flexibility index (Phi) is 4.43. The minimum Gasteiger partial charge on any atom is -0.361 e. The highest BCUT2D eigenvalue weighted by Crippen LogP contribution is 2.34. The molecule has 1 heterocycles. The number of likely N-dealkylation sites (N-methyl/N-ethyl adjacent to an activating group) is 1. The third-order valence-electron chi connectivity index (χ3n) is 4.21. The van der Waals surface area contributed by atoms with Crippen molar-refractivity contribution < 1.29 is 18.0 Å². The van der Waals surface area contributed by atoms with Crippen LogP contribution >= 0.6 is 0 Å². The summed E-state index contributed by atoms with van der Waals surface area (Å²) in [6.45, 7) is 0. The monoisotopic (exact) mass is 357 g/mol.